The molecule has 0 aliphatic carbocycles. The van der Waals surface area contributed by atoms with Crippen LogP contribution in [0.2, 0.25) is 0 Å². The fourth-order valence-corrected chi connectivity index (χ4v) is 9.60. The second kappa shape index (κ2) is 14.4. The van der Waals surface area contributed by atoms with Crippen molar-refractivity contribution in [2.24, 2.45) is 0 Å². The normalized spacial score (nSPS) is 11.8. The molecule has 0 unspecified atom stereocenters. The van der Waals surface area contributed by atoms with Gasteiger partial charge in [0.1, 0.15) is 22.9 Å². The second-order valence-electron chi connectivity index (χ2n) is 16.2. The molecule has 13 aromatic rings. The SMILES string of the molecule is [c-]1n2c3cc(Oc4ccc5c6cc(-c7ccccc7)ccc6n(-c6ccccn6)c5c4)ccc3c3cccc4occ(c43)c2c[n+]1-c1c(-c2ccccc2)cccc1-c1ccccc1. The maximum absolute atomic E-state index is 6.88. The third-order valence-electron chi connectivity index (χ3n) is 12.5. The van der Waals surface area contributed by atoms with E-state index in [1.165, 1.54) is 11.1 Å². The van der Waals surface area contributed by atoms with Gasteiger partial charge >= 0.3 is 0 Å². The summed E-state index contributed by atoms with van der Waals surface area (Å²) in [5, 5.41) is 6.49. The quantitative estimate of drug-likeness (QED) is 0.119. The average Bonchev–Trinajstić information content (AvgIpc) is 4.07. The summed E-state index contributed by atoms with van der Waals surface area (Å²) in [6, 6.07) is 69.9. The van der Waals surface area contributed by atoms with E-state index >= 15 is 0 Å². The van der Waals surface area contributed by atoms with E-state index in [0.29, 0.717) is 5.75 Å². The van der Waals surface area contributed by atoms with Gasteiger partial charge in [-0.25, -0.2) is 4.98 Å². The molecule has 0 fully saturated rings. The highest BCUT2D eigenvalue weighted by molar-refractivity contribution is 6.21. The molecule has 0 atom stereocenters. The Hall–Kier alpha value is -8.74. The van der Waals surface area contributed by atoms with Crippen molar-refractivity contribution in [3.8, 4) is 56.4 Å². The summed E-state index contributed by atoms with van der Waals surface area (Å²) in [7, 11) is 0. The Bertz CT molecular complexity index is 3850. The molecule has 64 heavy (non-hydrogen) atoms. The van der Waals surface area contributed by atoms with E-state index < -0.39 is 0 Å². The molecular formula is C58H36N4O2. The van der Waals surface area contributed by atoms with E-state index in [2.05, 4.69) is 202 Å². The van der Waals surface area contributed by atoms with E-state index in [4.69, 9.17) is 14.1 Å². The van der Waals surface area contributed by atoms with Gasteiger partial charge in [0.15, 0.2) is 0 Å². The Morgan fingerprint density at radius 2 is 1.12 bits per heavy atom. The number of rotatable bonds is 7. The largest absolute Gasteiger partial charge is 0.464 e. The molecule has 0 saturated carbocycles. The van der Waals surface area contributed by atoms with E-state index in [0.717, 1.165) is 99.5 Å². The van der Waals surface area contributed by atoms with Crippen LogP contribution in [-0.4, -0.2) is 14.0 Å². The molecule has 0 bridgehead atoms. The Morgan fingerprint density at radius 3 is 1.83 bits per heavy atom. The van der Waals surface area contributed by atoms with E-state index in [1.807, 2.05) is 36.7 Å². The van der Waals surface area contributed by atoms with Crippen LogP contribution >= 0.6 is 0 Å². The molecule has 0 N–H and O–H groups in total. The van der Waals surface area contributed by atoms with E-state index in [1.54, 1.807) is 0 Å². The number of fused-ring (bicyclic) bond motifs is 8. The van der Waals surface area contributed by atoms with Gasteiger partial charge in [0, 0.05) is 40.0 Å². The first-order valence-corrected chi connectivity index (χ1v) is 21.4. The maximum atomic E-state index is 6.88. The van der Waals surface area contributed by atoms with Crippen molar-refractivity contribution >= 4 is 60.0 Å². The molecule has 0 amide bonds. The molecule has 8 aromatic carbocycles. The minimum atomic E-state index is 0.706. The zero-order valence-electron chi connectivity index (χ0n) is 34.4. The first-order chi connectivity index (χ1) is 31.7. The van der Waals surface area contributed by atoms with Gasteiger partial charge in [-0.05, 0) is 98.8 Å². The van der Waals surface area contributed by atoms with E-state index in [-0.39, 0.29) is 0 Å². The average molecular weight is 821 g/mol. The second-order valence-corrected chi connectivity index (χ2v) is 16.2. The number of hydrogen-bond acceptors (Lipinski definition) is 3. The molecule has 0 saturated heterocycles. The summed E-state index contributed by atoms with van der Waals surface area (Å²) in [6.45, 7) is 0. The summed E-state index contributed by atoms with van der Waals surface area (Å²) in [4.78, 5) is 4.80. The highest BCUT2D eigenvalue weighted by Gasteiger charge is 2.21. The fraction of sp³-hybridized carbons (Fsp3) is 0. The molecule has 300 valence electrons. The van der Waals surface area contributed by atoms with Crippen molar-refractivity contribution in [1.29, 1.82) is 0 Å². The van der Waals surface area contributed by atoms with Gasteiger partial charge in [-0.1, -0.05) is 140 Å². The number of para-hydroxylation sites is 1. The molecule has 0 radical (unpaired) electrons. The number of pyridine rings is 1. The van der Waals surface area contributed by atoms with Crippen LogP contribution < -0.4 is 9.30 Å². The molecule has 0 aliphatic rings. The maximum Gasteiger partial charge on any atom is 0.269 e. The number of aromatic nitrogens is 4. The Morgan fingerprint density at radius 1 is 0.469 bits per heavy atom. The topological polar surface area (TPSA) is 48.5 Å². The predicted octanol–water partition coefficient (Wildman–Crippen LogP) is 14.4. The smallest absolute Gasteiger partial charge is 0.269 e. The minimum Gasteiger partial charge on any atom is -0.464 e. The third-order valence-corrected chi connectivity index (χ3v) is 12.5. The monoisotopic (exact) mass is 820 g/mol. The number of benzene rings is 8. The first kappa shape index (κ1) is 36.0. The standard InChI is InChI=1S/C58H36N4O2/c1-4-14-38(15-5-1)41-25-30-51-49(32-41)47-29-27-43(34-53(47)62(51)56-24-10-11-31-59-56)64-42-26-28-46-48-22-13-23-55-57(48)50(36-63-55)54-35-60(37-61(54)52(46)33-42)58-44(39-16-6-2-7-17-39)20-12-21-45(58)40-18-8-3-9-19-40/h1-36H. The highest BCUT2D eigenvalue weighted by atomic mass is 16.5. The Labute approximate surface area is 367 Å². The predicted molar refractivity (Wildman–Crippen MR) is 258 cm³/mol. The zero-order chi connectivity index (χ0) is 42.1. The fourth-order valence-electron chi connectivity index (χ4n) is 9.60. The Balaban J connectivity index is 1.01. The molecule has 5 heterocycles. The van der Waals surface area contributed by atoms with Crippen LogP contribution in [0.15, 0.2) is 223 Å². The van der Waals surface area contributed by atoms with Crippen LogP contribution in [0.1, 0.15) is 0 Å². The lowest BCUT2D eigenvalue weighted by atomic mass is 9.96. The van der Waals surface area contributed by atoms with Gasteiger partial charge in [-0.2, -0.15) is 0 Å². The van der Waals surface area contributed by atoms with Crippen molar-refractivity contribution in [3.63, 3.8) is 0 Å². The van der Waals surface area contributed by atoms with Crippen LogP contribution in [0.3, 0.4) is 0 Å². The number of nitrogens with zero attached hydrogens (tertiary/aromatic N) is 4. The van der Waals surface area contributed by atoms with Crippen molar-refractivity contribution in [2.45, 2.75) is 0 Å². The van der Waals surface area contributed by atoms with Gasteiger partial charge in [0.05, 0.1) is 34.0 Å². The molecule has 0 spiro atoms. The molecule has 13 rings (SSSR count). The lowest BCUT2D eigenvalue weighted by Crippen LogP contribution is -2.30. The van der Waals surface area contributed by atoms with Crippen LogP contribution in [0.25, 0.3) is 105 Å². The number of furan rings is 1. The summed E-state index contributed by atoms with van der Waals surface area (Å²) in [6.07, 6.45) is 9.73. The molecule has 6 heteroatoms. The lowest BCUT2D eigenvalue weighted by molar-refractivity contribution is -0.597. The van der Waals surface area contributed by atoms with Crippen LogP contribution in [0, 0.1) is 6.33 Å². The molecule has 5 aromatic heterocycles. The van der Waals surface area contributed by atoms with Crippen molar-refractivity contribution in [3.05, 3.63) is 225 Å². The van der Waals surface area contributed by atoms with Crippen LogP contribution in [0.5, 0.6) is 11.5 Å². The number of ether oxygens (including phenoxy) is 1. The van der Waals surface area contributed by atoms with Gasteiger partial charge in [-0.3, -0.25) is 13.5 Å². The summed E-state index contributed by atoms with van der Waals surface area (Å²) < 4.78 is 19.7. The van der Waals surface area contributed by atoms with Gasteiger partial charge in [0.25, 0.3) is 6.33 Å². The minimum absolute atomic E-state index is 0.706. The summed E-state index contributed by atoms with van der Waals surface area (Å²) in [5.74, 6) is 2.27. The van der Waals surface area contributed by atoms with Crippen molar-refractivity contribution in [1.82, 2.24) is 14.0 Å². The third kappa shape index (κ3) is 5.73. The van der Waals surface area contributed by atoms with Crippen LogP contribution in [0.4, 0.5) is 0 Å². The molecule has 0 aliphatic heterocycles. The summed E-state index contributed by atoms with van der Waals surface area (Å²) in [5.41, 5.74) is 12.7. The van der Waals surface area contributed by atoms with Gasteiger partial charge in [0.2, 0.25) is 0 Å². The summed E-state index contributed by atoms with van der Waals surface area (Å²) >= 11 is 0. The molecular weight excluding hydrogens is 785 g/mol. The van der Waals surface area contributed by atoms with Gasteiger partial charge < -0.3 is 9.15 Å². The lowest BCUT2D eigenvalue weighted by Gasteiger charge is -2.16. The first-order valence-electron chi connectivity index (χ1n) is 21.4. The molecule has 6 nitrogen and oxygen atoms in total. The van der Waals surface area contributed by atoms with Gasteiger partial charge in [-0.15, -0.1) is 0 Å². The van der Waals surface area contributed by atoms with Crippen molar-refractivity contribution in [2.75, 3.05) is 0 Å². The highest BCUT2D eigenvalue weighted by Crippen LogP contribution is 2.40. The number of imidazole rings is 1. The van der Waals surface area contributed by atoms with E-state index in [9.17, 15) is 0 Å². The zero-order valence-corrected chi connectivity index (χ0v) is 34.4. The Kier molecular flexibility index (Phi) is 8.11. The van der Waals surface area contributed by atoms with Crippen molar-refractivity contribution < 1.29 is 13.7 Å². The number of hydrogen-bond donors (Lipinski definition) is 0. The van der Waals surface area contributed by atoms with Crippen LogP contribution in [-0.2, 0) is 0 Å².